The quantitative estimate of drug-likeness (QED) is 0.725. The minimum absolute atomic E-state index is 0.447. The Kier molecular flexibility index (Phi) is 4.74. The molecule has 0 aliphatic carbocycles. The monoisotopic (exact) mass is 351 g/mol. The molecule has 8 nitrogen and oxygen atoms in total. The molecule has 0 saturated carbocycles. The number of anilines is 1. The maximum Gasteiger partial charge on any atom is 0.240 e. The first-order valence-electron chi connectivity index (χ1n) is 8.70. The third-order valence-electron chi connectivity index (χ3n) is 4.40. The van der Waals surface area contributed by atoms with Gasteiger partial charge in [0.05, 0.1) is 12.8 Å². The molecule has 1 saturated heterocycles. The van der Waals surface area contributed by atoms with Gasteiger partial charge >= 0.3 is 0 Å². The molecule has 3 aromatic heterocycles. The van der Waals surface area contributed by atoms with E-state index in [1.165, 1.54) is 0 Å². The molecule has 26 heavy (non-hydrogen) atoms. The Morgan fingerprint density at radius 1 is 1.12 bits per heavy atom. The second kappa shape index (κ2) is 7.49. The molecule has 0 radical (unpaired) electrons. The summed E-state index contributed by atoms with van der Waals surface area (Å²) in [7, 11) is 1.59. The van der Waals surface area contributed by atoms with Crippen molar-refractivity contribution in [2.75, 3.05) is 25.5 Å². The van der Waals surface area contributed by atoms with E-state index in [0.29, 0.717) is 23.3 Å². The smallest absolute Gasteiger partial charge is 0.240 e. The van der Waals surface area contributed by atoms with Gasteiger partial charge in [-0.1, -0.05) is 0 Å². The fraction of sp³-hybridized carbons (Fsp3) is 0.333. The summed E-state index contributed by atoms with van der Waals surface area (Å²) in [5.74, 6) is 1.28. The molecule has 4 heterocycles. The van der Waals surface area contributed by atoms with Crippen LogP contribution in [0.2, 0.25) is 0 Å². The third kappa shape index (κ3) is 3.50. The first-order chi connectivity index (χ1) is 12.8. The minimum Gasteiger partial charge on any atom is -0.479 e. The van der Waals surface area contributed by atoms with Crippen LogP contribution >= 0.6 is 0 Å². The summed E-state index contributed by atoms with van der Waals surface area (Å²) in [6.45, 7) is 2.07. The summed E-state index contributed by atoms with van der Waals surface area (Å²) < 4.78 is 7.13. The summed E-state index contributed by atoms with van der Waals surface area (Å²) in [6.07, 6.45) is 5.75. The zero-order valence-corrected chi connectivity index (χ0v) is 14.6. The van der Waals surface area contributed by atoms with Crippen LogP contribution in [0, 0.1) is 0 Å². The standard InChI is InChI=1S/C18H21N7O/c1-26-18-16(25-12-2-9-20-25)5-3-14(22-18)15-4-6-17(24-23-15)21-13-7-10-19-11-8-13/h2-6,9,12-13,19H,7-8,10-11H2,1H3,(H,21,24). The summed E-state index contributed by atoms with van der Waals surface area (Å²) in [5, 5.41) is 19.6. The third-order valence-corrected chi connectivity index (χ3v) is 4.40. The largest absolute Gasteiger partial charge is 0.479 e. The minimum atomic E-state index is 0.447. The lowest BCUT2D eigenvalue weighted by molar-refractivity contribution is 0.395. The predicted octanol–water partition coefficient (Wildman–Crippen LogP) is 1.90. The molecule has 0 aromatic carbocycles. The van der Waals surface area contributed by atoms with Gasteiger partial charge < -0.3 is 15.4 Å². The second-order valence-electron chi connectivity index (χ2n) is 6.15. The van der Waals surface area contributed by atoms with Gasteiger partial charge in [-0.15, -0.1) is 10.2 Å². The van der Waals surface area contributed by atoms with Crippen molar-refractivity contribution < 1.29 is 4.74 Å². The summed E-state index contributed by atoms with van der Waals surface area (Å²) in [4.78, 5) is 4.55. The maximum absolute atomic E-state index is 5.42. The molecule has 1 aliphatic heterocycles. The van der Waals surface area contributed by atoms with Crippen molar-refractivity contribution in [3.05, 3.63) is 42.7 Å². The van der Waals surface area contributed by atoms with E-state index >= 15 is 0 Å². The van der Waals surface area contributed by atoms with Gasteiger partial charge in [-0.3, -0.25) is 0 Å². The number of ether oxygens (including phenoxy) is 1. The highest BCUT2D eigenvalue weighted by Crippen LogP contribution is 2.24. The van der Waals surface area contributed by atoms with Crippen LogP contribution in [0.5, 0.6) is 5.88 Å². The lowest BCUT2D eigenvalue weighted by atomic mass is 10.1. The molecular formula is C18H21N7O. The normalized spacial score (nSPS) is 15.0. The van der Waals surface area contributed by atoms with E-state index in [1.54, 1.807) is 18.0 Å². The van der Waals surface area contributed by atoms with Gasteiger partial charge in [0.15, 0.2) is 0 Å². The molecule has 0 unspecified atom stereocenters. The van der Waals surface area contributed by atoms with Crippen LogP contribution in [0.1, 0.15) is 12.8 Å². The average Bonchev–Trinajstić information content (AvgIpc) is 3.23. The molecule has 0 bridgehead atoms. The number of rotatable bonds is 5. The number of piperidine rings is 1. The van der Waals surface area contributed by atoms with E-state index in [9.17, 15) is 0 Å². The predicted molar refractivity (Wildman–Crippen MR) is 98.5 cm³/mol. The van der Waals surface area contributed by atoms with Crippen molar-refractivity contribution in [2.24, 2.45) is 0 Å². The topological polar surface area (TPSA) is 89.8 Å². The van der Waals surface area contributed by atoms with Crippen LogP contribution < -0.4 is 15.4 Å². The Labute approximate surface area is 151 Å². The lowest BCUT2D eigenvalue weighted by Gasteiger charge is -2.23. The van der Waals surface area contributed by atoms with Gasteiger partial charge in [0.25, 0.3) is 0 Å². The Hall–Kier alpha value is -3.00. The molecule has 3 aromatic rings. The van der Waals surface area contributed by atoms with Crippen molar-refractivity contribution in [3.8, 4) is 23.0 Å². The number of pyridine rings is 1. The van der Waals surface area contributed by atoms with Crippen LogP contribution in [0.15, 0.2) is 42.7 Å². The van der Waals surface area contributed by atoms with Crippen LogP contribution in [0.25, 0.3) is 17.1 Å². The van der Waals surface area contributed by atoms with E-state index < -0.39 is 0 Å². The molecule has 2 N–H and O–H groups in total. The lowest BCUT2D eigenvalue weighted by Crippen LogP contribution is -2.35. The van der Waals surface area contributed by atoms with E-state index in [2.05, 4.69) is 30.9 Å². The van der Waals surface area contributed by atoms with Gasteiger partial charge in [-0.05, 0) is 56.3 Å². The van der Waals surface area contributed by atoms with Gasteiger partial charge in [-0.25, -0.2) is 9.67 Å². The second-order valence-corrected chi connectivity index (χ2v) is 6.15. The molecule has 0 spiro atoms. The number of nitrogens with one attached hydrogen (secondary N) is 2. The highest BCUT2D eigenvalue weighted by molar-refractivity contribution is 5.59. The zero-order valence-electron chi connectivity index (χ0n) is 14.6. The zero-order chi connectivity index (χ0) is 17.8. The van der Waals surface area contributed by atoms with E-state index in [1.807, 2.05) is 36.5 Å². The Morgan fingerprint density at radius 3 is 2.65 bits per heavy atom. The fourth-order valence-corrected chi connectivity index (χ4v) is 3.03. The number of nitrogens with zero attached hydrogens (tertiary/aromatic N) is 5. The average molecular weight is 351 g/mol. The van der Waals surface area contributed by atoms with Crippen LogP contribution in [-0.4, -0.2) is 51.2 Å². The first kappa shape index (κ1) is 16.5. The molecule has 8 heteroatoms. The first-order valence-corrected chi connectivity index (χ1v) is 8.70. The maximum atomic E-state index is 5.42. The molecule has 134 valence electrons. The molecule has 0 amide bonds. The van der Waals surface area contributed by atoms with Gasteiger partial charge in [0.2, 0.25) is 5.88 Å². The SMILES string of the molecule is COc1nc(-c2ccc(NC3CCNCC3)nn2)ccc1-n1cccn1. The molecule has 1 aliphatic rings. The van der Waals surface area contributed by atoms with Crippen LogP contribution in [-0.2, 0) is 0 Å². The Morgan fingerprint density at radius 2 is 1.96 bits per heavy atom. The van der Waals surface area contributed by atoms with Crippen molar-refractivity contribution in [1.82, 2.24) is 30.3 Å². The molecular weight excluding hydrogens is 330 g/mol. The van der Waals surface area contributed by atoms with Crippen molar-refractivity contribution in [3.63, 3.8) is 0 Å². The van der Waals surface area contributed by atoms with Gasteiger partial charge in [-0.2, -0.15) is 5.10 Å². The Balaban J connectivity index is 1.53. The molecule has 4 rings (SSSR count). The van der Waals surface area contributed by atoms with E-state index in [0.717, 1.165) is 37.4 Å². The summed E-state index contributed by atoms with van der Waals surface area (Å²) in [6, 6.07) is 9.97. The van der Waals surface area contributed by atoms with Crippen molar-refractivity contribution >= 4 is 5.82 Å². The van der Waals surface area contributed by atoms with E-state index in [-0.39, 0.29) is 0 Å². The summed E-state index contributed by atoms with van der Waals surface area (Å²) >= 11 is 0. The molecule has 0 atom stereocenters. The van der Waals surface area contributed by atoms with Crippen molar-refractivity contribution in [2.45, 2.75) is 18.9 Å². The fourth-order valence-electron chi connectivity index (χ4n) is 3.03. The number of hydrogen-bond acceptors (Lipinski definition) is 7. The number of aromatic nitrogens is 5. The molecule has 1 fully saturated rings. The summed E-state index contributed by atoms with van der Waals surface area (Å²) in [5.41, 5.74) is 2.18. The van der Waals surface area contributed by atoms with Gasteiger partial charge in [0, 0.05) is 18.4 Å². The van der Waals surface area contributed by atoms with Gasteiger partial charge in [0.1, 0.15) is 17.2 Å². The van der Waals surface area contributed by atoms with E-state index in [4.69, 9.17) is 4.74 Å². The van der Waals surface area contributed by atoms with Crippen LogP contribution in [0.4, 0.5) is 5.82 Å². The van der Waals surface area contributed by atoms with Crippen molar-refractivity contribution in [1.29, 1.82) is 0 Å². The van der Waals surface area contributed by atoms with Crippen LogP contribution in [0.3, 0.4) is 0 Å². The highest BCUT2D eigenvalue weighted by Gasteiger charge is 2.14. The Bertz CT molecular complexity index is 842. The number of methoxy groups -OCH3 is 1. The highest BCUT2D eigenvalue weighted by atomic mass is 16.5. The number of hydrogen-bond donors (Lipinski definition) is 2.